The molecule has 0 N–H and O–H groups in total. The molecular formula is C15H18O. The zero-order valence-corrected chi connectivity index (χ0v) is 10.2. The van der Waals surface area contributed by atoms with Crippen LogP contribution in [0.4, 0.5) is 0 Å². The van der Waals surface area contributed by atoms with Crippen LogP contribution in [0.5, 0.6) is 0 Å². The zero-order valence-electron chi connectivity index (χ0n) is 10.2. The molecule has 16 heavy (non-hydrogen) atoms. The number of carbonyl (C=O) groups excluding carboxylic acids is 1. The van der Waals surface area contributed by atoms with Crippen LogP contribution in [0, 0.1) is 5.41 Å². The number of allylic oxidation sites excluding steroid dienone is 1. The van der Waals surface area contributed by atoms with Crippen LogP contribution in [0.1, 0.15) is 49.0 Å². The molecule has 84 valence electrons. The van der Waals surface area contributed by atoms with Crippen molar-refractivity contribution >= 4 is 5.78 Å². The summed E-state index contributed by atoms with van der Waals surface area (Å²) in [6.45, 7) is 10.4. The first kappa shape index (κ1) is 11.1. The Morgan fingerprint density at radius 1 is 1.44 bits per heavy atom. The number of hydrogen-bond donors (Lipinski definition) is 0. The SMILES string of the molecule is C=C(C)C1(C)CC(=O)c2ccccc2C1C. The predicted octanol–water partition coefficient (Wildman–Crippen LogP) is 3.96. The van der Waals surface area contributed by atoms with Gasteiger partial charge in [0.1, 0.15) is 0 Å². The van der Waals surface area contributed by atoms with E-state index < -0.39 is 0 Å². The van der Waals surface area contributed by atoms with Crippen molar-refractivity contribution in [1.82, 2.24) is 0 Å². The fourth-order valence-electron chi connectivity index (χ4n) is 2.57. The number of benzene rings is 1. The summed E-state index contributed by atoms with van der Waals surface area (Å²) < 4.78 is 0. The summed E-state index contributed by atoms with van der Waals surface area (Å²) >= 11 is 0. The topological polar surface area (TPSA) is 17.1 Å². The van der Waals surface area contributed by atoms with Crippen molar-refractivity contribution in [1.29, 1.82) is 0 Å². The van der Waals surface area contributed by atoms with E-state index in [1.54, 1.807) is 0 Å². The van der Waals surface area contributed by atoms with E-state index in [9.17, 15) is 4.79 Å². The number of ketones is 1. The van der Waals surface area contributed by atoms with Crippen LogP contribution >= 0.6 is 0 Å². The second kappa shape index (κ2) is 3.58. The van der Waals surface area contributed by atoms with Gasteiger partial charge in [-0.1, -0.05) is 50.3 Å². The Morgan fingerprint density at radius 2 is 2.06 bits per heavy atom. The molecule has 0 fully saturated rings. The van der Waals surface area contributed by atoms with Crippen molar-refractivity contribution in [2.45, 2.75) is 33.1 Å². The standard InChI is InChI=1S/C15H18O/c1-10(2)15(4)9-14(16)13-8-6-5-7-12(13)11(15)3/h5-8,11H,1,9H2,2-4H3. The minimum absolute atomic E-state index is 0.0918. The maximum Gasteiger partial charge on any atom is 0.164 e. The highest BCUT2D eigenvalue weighted by molar-refractivity contribution is 5.99. The van der Waals surface area contributed by atoms with Gasteiger partial charge in [-0.15, -0.1) is 0 Å². The van der Waals surface area contributed by atoms with E-state index in [0.29, 0.717) is 12.3 Å². The van der Waals surface area contributed by atoms with Crippen LogP contribution in [0.3, 0.4) is 0 Å². The summed E-state index contributed by atoms with van der Waals surface area (Å²) in [4.78, 5) is 12.1. The lowest BCUT2D eigenvalue weighted by molar-refractivity contribution is 0.0903. The molecule has 0 bridgehead atoms. The number of carbonyl (C=O) groups is 1. The summed E-state index contributed by atoms with van der Waals surface area (Å²) in [6, 6.07) is 7.95. The van der Waals surface area contributed by atoms with Gasteiger partial charge in [-0.3, -0.25) is 4.79 Å². The fraction of sp³-hybridized carbons (Fsp3) is 0.400. The third kappa shape index (κ3) is 1.42. The molecule has 2 atom stereocenters. The molecule has 1 aromatic rings. The summed E-state index contributed by atoms with van der Waals surface area (Å²) in [5, 5.41) is 0. The first-order valence-corrected chi connectivity index (χ1v) is 5.75. The highest BCUT2D eigenvalue weighted by Gasteiger charge is 2.40. The van der Waals surface area contributed by atoms with E-state index >= 15 is 0 Å². The summed E-state index contributed by atoms with van der Waals surface area (Å²) in [6.07, 6.45) is 0.584. The minimum atomic E-state index is -0.0918. The molecule has 0 aliphatic heterocycles. The number of Topliss-reactive ketones (excluding diaryl/α,β-unsaturated/α-hetero) is 1. The minimum Gasteiger partial charge on any atom is -0.294 e. The first-order chi connectivity index (χ1) is 7.47. The van der Waals surface area contributed by atoms with Gasteiger partial charge in [-0.2, -0.15) is 0 Å². The maximum atomic E-state index is 12.1. The van der Waals surface area contributed by atoms with E-state index in [1.165, 1.54) is 5.56 Å². The van der Waals surface area contributed by atoms with Crippen molar-refractivity contribution in [2.75, 3.05) is 0 Å². The fourth-order valence-corrected chi connectivity index (χ4v) is 2.57. The Balaban J connectivity index is 2.58. The Bertz CT molecular complexity index is 458. The molecule has 0 amide bonds. The van der Waals surface area contributed by atoms with E-state index in [0.717, 1.165) is 11.1 Å². The highest BCUT2D eigenvalue weighted by Crippen LogP contribution is 2.48. The molecule has 1 aliphatic rings. The summed E-state index contributed by atoms with van der Waals surface area (Å²) in [5.74, 6) is 0.609. The summed E-state index contributed by atoms with van der Waals surface area (Å²) in [5.41, 5.74) is 3.08. The number of hydrogen-bond acceptors (Lipinski definition) is 1. The van der Waals surface area contributed by atoms with Crippen LogP contribution in [0.2, 0.25) is 0 Å². The molecule has 2 unspecified atom stereocenters. The van der Waals surface area contributed by atoms with E-state index in [4.69, 9.17) is 0 Å². The summed E-state index contributed by atoms with van der Waals surface area (Å²) in [7, 11) is 0. The third-order valence-corrected chi connectivity index (χ3v) is 4.19. The van der Waals surface area contributed by atoms with Gasteiger partial charge < -0.3 is 0 Å². The molecule has 0 saturated carbocycles. The Kier molecular flexibility index (Phi) is 2.49. The van der Waals surface area contributed by atoms with Crippen LogP contribution in [0.15, 0.2) is 36.4 Å². The van der Waals surface area contributed by atoms with Crippen molar-refractivity contribution in [3.8, 4) is 0 Å². The van der Waals surface area contributed by atoms with Crippen LogP contribution in [0.25, 0.3) is 0 Å². The average molecular weight is 214 g/mol. The van der Waals surface area contributed by atoms with Crippen molar-refractivity contribution in [2.24, 2.45) is 5.41 Å². The van der Waals surface area contributed by atoms with E-state index in [-0.39, 0.29) is 11.2 Å². The Labute approximate surface area is 97.2 Å². The molecule has 0 spiro atoms. The normalized spacial score (nSPS) is 28.7. The van der Waals surface area contributed by atoms with Gasteiger partial charge in [0.2, 0.25) is 0 Å². The first-order valence-electron chi connectivity index (χ1n) is 5.75. The second-order valence-electron chi connectivity index (χ2n) is 5.11. The van der Waals surface area contributed by atoms with Gasteiger partial charge in [0.15, 0.2) is 5.78 Å². The van der Waals surface area contributed by atoms with Gasteiger partial charge in [-0.25, -0.2) is 0 Å². The molecular weight excluding hydrogens is 196 g/mol. The quantitative estimate of drug-likeness (QED) is 0.647. The highest BCUT2D eigenvalue weighted by atomic mass is 16.1. The van der Waals surface area contributed by atoms with Gasteiger partial charge >= 0.3 is 0 Å². The molecule has 1 aromatic carbocycles. The lowest BCUT2D eigenvalue weighted by Crippen LogP contribution is -2.33. The van der Waals surface area contributed by atoms with E-state index in [2.05, 4.69) is 26.5 Å². The molecule has 0 heterocycles. The average Bonchev–Trinajstić information content (AvgIpc) is 2.26. The smallest absolute Gasteiger partial charge is 0.164 e. The Hall–Kier alpha value is -1.37. The lowest BCUT2D eigenvalue weighted by Gasteiger charge is -2.40. The second-order valence-corrected chi connectivity index (χ2v) is 5.11. The Morgan fingerprint density at radius 3 is 2.69 bits per heavy atom. The monoisotopic (exact) mass is 214 g/mol. The van der Waals surface area contributed by atoms with Crippen molar-refractivity contribution in [3.05, 3.63) is 47.5 Å². The van der Waals surface area contributed by atoms with Crippen LogP contribution in [-0.2, 0) is 0 Å². The van der Waals surface area contributed by atoms with Crippen LogP contribution in [-0.4, -0.2) is 5.78 Å². The van der Waals surface area contributed by atoms with E-state index in [1.807, 2.05) is 25.1 Å². The van der Waals surface area contributed by atoms with Gasteiger partial charge in [0, 0.05) is 17.4 Å². The predicted molar refractivity (Wildman–Crippen MR) is 66.7 cm³/mol. The molecule has 1 aliphatic carbocycles. The van der Waals surface area contributed by atoms with Crippen molar-refractivity contribution < 1.29 is 4.79 Å². The van der Waals surface area contributed by atoms with Crippen molar-refractivity contribution in [3.63, 3.8) is 0 Å². The van der Waals surface area contributed by atoms with Gasteiger partial charge in [-0.05, 0) is 18.4 Å². The maximum absolute atomic E-state index is 12.1. The lowest BCUT2D eigenvalue weighted by atomic mass is 9.62. The largest absolute Gasteiger partial charge is 0.294 e. The zero-order chi connectivity index (χ0) is 11.9. The molecule has 1 nitrogen and oxygen atoms in total. The van der Waals surface area contributed by atoms with Gasteiger partial charge in [0.05, 0.1) is 0 Å². The third-order valence-electron chi connectivity index (χ3n) is 4.19. The molecule has 2 rings (SSSR count). The van der Waals surface area contributed by atoms with Gasteiger partial charge in [0.25, 0.3) is 0 Å². The molecule has 1 heteroatoms. The molecule has 0 radical (unpaired) electrons. The van der Waals surface area contributed by atoms with Crippen LogP contribution < -0.4 is 0 Å². The number of rotatable bonds is 1. The molecule has 0 saturated heterocycles. The molecule has 0 aromatic heterocycles. The number of fused-ring (bicyclic) bond motifs is 1.